The van der Waals surface area contributed by atoms with E-state index in [1.165, 1.54) is 62.7 Å². The van der Waals surface area contributed by atoms with Crippen LogP contribution in [0.1, 0.15) is 22.8 Å². The summed E-state index contributed by atoms with van der Waals surface area (Å²) in [5.41, 5.74) is 2.77. The van der Waals surface area contributed by atoms with Gasteiger partial charge >= 0.3 is 11.7 Å². The molecule has 0 radical (unpaired) electrons. The number of ether oxygens (including phenoxy) is 3. The Balaban J connectivity index is 1.63. The number of esters is 1. The molecule has 1 N–H and O–H groups in total. The van der Waals surface area contributed by atoms with E-state index >= 15 is 0 Å². The molecule has 3 rings (SSSR count). The molecule has 0 spiro atoms. The first-order valence-corrected chi connectivity index (χ1v) is 11.0. The van der Waals surface area contributed by atoms with E-state index in [0.717, 1.165) is 0 Å². The lowest BCUT2D eigenvalue weighted by Gasteiger charge is -2.13. The molecule has 1 amide bonds. The molecule has 0 fully saturated rings. The molecule has 0 saturated carbocycles. The average molecular weight is 532 g/mol. The molecule has 1 unspecified atom stereocenters. The number of nitrogens with one attached hydrogen (secondary N) is 1. The van der Waals surface area contributed by atoms with Crippen LogP contribution >= 0.6 is 23.2 Å². The van der Waals surface area contributed by atoms with Gasteiger partial charge in [0.1, 0.15) is 0 Å². The van der Waals surface area contributed by atoms with Crippen LogP contribution in [-0.2, 0) is 4.79 Å². The van der Waals surface area contributed by atoms with Crippen molar-refractivity contribution < 1.29 is 28.7 Å². The maximum Gasteiger partial charge on any atom is 0.343 e. The van der Waals surface area contributed by atoms with Gasteiger partial charge < -0.3 is 14.2 Å². The molecule has 3 aromatic carbocycles. The number of nitro groups is 1. The Kier molecular flexibility index (Phi) is 8.82. The number of para-hydroxylation sites is 2. The molecular formula is C24H19Cl2N3O7. The number of nitro benzene ring substituents is 1. The SMILES string of the molecule is COc1cc(/C=N/NC(=O)C(C)Oc2ccccc2[N+](=O)[O-])ccc1OC(=O)c1ccc(Cl)c(Cl)c1. The molecule has 0 aromatic heterocycles. The summed E-state index contributed by atoms with van der Waals surface area (Å²) >= 11 is 11.8. The number of amides is 1. The van der Waals surface area contributed by atoms with Crippen molar-refractivity contribution in [1.82, 2.24) is 5.43 Å². The fourth-order valence-corrected chi connectivity index (χ4v) is 3.14. The molecule has 0 aliphatic carbocycles. The van der Waals surface area contributed by atoms with Crippen molar-refractivity contribution in [1.29, 1.82) is 0 Å². The minimum Gasteiger partial charge on any atom is -0.493 e. The van der Waals surface area contributed by atoms with Crippen LogP contribution in [0.3, 0.4) is 0 Å². The van der Waals surface area contributed by atoms with Gasteiger partial charge in [-0.05, 0) is 55.0 Å². The number of carbonyl (C=O) groups is 2. The number of hydrogen-bond donors (Lipinski definition) is 1. The maximum absolute atomic E-state index is 12.4. The predicted molar refractivity (Wildman–Crippen MR) is 133 cm³/mol. The maximum atomic E-state index is 12.4. The van der Waals surface area contributed by atoms with Gasteiger partial charge in [0.15, 0.2) is 23.4 Å². The van der Waals surface area contributed by atoms with E-state index in [2.05, 4.69) is 10.5 Å². The molecule has 12 heteroatoms. The minimum absolute atomic E-state index is 0.0372. The van der Waals surface area contributed by atoms with Crippen molar-refractivity contribution in [3.63, 3.8) is 0 Å². The quantitative estimate of drug-likeness (QED) is 0.134. The second kappa shape index (κ2) is 12.0. The number of hydrazone groups is 1. The highest BCUT2D eigenvalue weighted by Gasteiger charge is 2.20. The minimum atomic E-state index is -1.05. The molecule has 0 aliphatic rings. The molecule has 1 atom stereocenters. The fourth-order valence-electron chi connectivity index (χ4n) is 2.84. The first-order valence-electron chi connectivity index (χ1n) is 10.3. The summed E-state index contributed by atoms with van der Waals surface area (Å²) in [5.74, 6) is -0.922. The van der Waals surface area contributed by atoms with E-state index in [-0.39, 0.29) is 33.5 Å². The highest BCUT2D eigenvalue weighted by atomic mass is 35.5. The number of rotatable bonds is 9. The Morgan fingerprint density at radius 3 is 2.47 bits per heavy atom. The van der Waals surface area contributed by atoms with Gasteiger partial charge in [0.25, 0.3) is 5.91 Å². The zero-order valence-corrected chi connectivity index (χ0v) is 20.4. The Hall–Kier alpha value is -4.15. The fraction of sp³-hybridized carbons (Fsp3) is 0.125. The summed E-state index contributed by atoms with van der Waals surface area (Å²) in [5, 5.41) is 15.5. The van der Waals surface area contributed by atoms with Crippen molar-refractivity contribution >= 4 is 47.0 Å². The van der Waals surface area contributed by atoms with Crippen molar-refractivity contribution in [2.24, 2.45) is 5.10 Å². The van der Waals surface area contributed by atoms with Crippen LogP contribution in [0.25, 0.3) is 0 Å². The zero-order chi connectivity index (χ0) is 26.2. The second-order valence-corrected chi connectivity index (χ2v) is 7.96. The molecule has 10 nitrogen and oxygen atoms in total. The van der Waals surface area contributed by atoms with Gasteiger partial charge in [-0.3, -0.25) is 14.9 Å². The van der Waals surface area contributed by atoms with Crippen LogP contribution in [0.2, 0.25) is 10.0 Å². The van der Waals surface area contributed by atoms with E-state index in [9.17, 15) is 19.7 Å². The molecule has 0 bridgehead atoms. The van der Waals surface area contributed by atoms with Gasteiger partial charge in [-0.2, -0.15) is 5.10 Å². The Labute approximate surface area is 215 Å². The van der Waals surface area contributed by atoms with Crippen LogP contribution in [0.4, 0.5) is 5.69 Å². The number of hydrogen-bond acceptors (Lipinski definition) is 8. The van der Waals surface area contributed by atoms with Crippen LogP contribution in [0, 0.1) is 10.1 Å². The second-order valence-electron chi connectivity index (χ2n) is 7.15. The van der Waals surface area contributed by atoms with Gasteiger partial charge in [-0.25, -0.2) is 10.2 Å². The summed E-state index contributed by atoms with van der Waals surface area (Å²) in [6.07, 6.45) is 0.281. The summed E-state index contributed by atoms with van der Waals surface area (Å²) in [6.45, 7) is 1.43. The number of nitrogens with zero attached hydrogens (tertiary/aromatic N) is 2. The lowest BCUT2D eigenvalue weighted by molar-refractivity contribution is -0.386. The first kappa shape index (κ1) is 26.5. The van der Waals surface area contributed by atoms with E-state index in [4.69, 9.17) is 37.4 Å². The monoisotopic (exact) mass is 531 g/mol. The number of halogens is 2. The molecule has 0 heterocycles. The largest absolute Gasteiger partial charge is 0.493 e. The number of methoxy groups -OCH3 is 1. The molecular weight excluding hydrogens is 513 g/mol. The molecule has 186 valence electrons. The first-order chi connectivity index (χ1) is 17.2. The molecule has 3 aromatic rings. The zero-order valence-electron chi connectivity index (χ0n) is 18.9. The lowest BCUT2D eigenvalue weighted by atomic mass is 10.2. The average Bonchev–Trinajstić information content (AvgIpc) is 2.86. The molecule has 0 aliphatic heterocycles. The highest BCUT2D eigenvalue weighted by Crippen LogP contribution is 2.30. The molecule has 36 heavy (non-hydrogen) atoms. The highest BCUT2D eigenvalue weighted by molar-refractivity contribution is 6.42. The van der Waals surface area contributed by atoms with Crippen LogP contribution < -0.4 is 19.6 Å². The smallest absolute Gasteiger partial charge is 0.343 e. The van der Waals surface area contributed by atoms with Gasteiger partial charge in [0, 0.05) is 6.07 Å². The Bertz CT molecular complexity index is 1330. The lowest BCUT2D eigenvalue weighted by Crippen LogP contribution is -2.33. The van der Waals surface area contributed by atoms with Crippen LogP contribution in [0.15, 0.2) is 65.8 Å². The van der Waals surface area contributed by atoms with Gasteiger partial charge in [0.05, 0.1) is 33.9 Å². The topological polar surface area (TPSA) is 129 Å². The number of benzene rings is 3. The number of carbonyl (C=O) groups excluding carboxylic acids is 2. The van der Waals surface area contributed by atoms with Gasteiger partial charge in [-0.15, -0.1) is 0 Å². The molecule has 0 saturated heterocycles. The van der Waals surface area contributed by atoms with Crippen molar-refractivity contribution in [2.45, 2.75) is 13.0 Å². The van der Waals surface area contributed by atoms with Crippen molar-refractivity contribution in [2.75, 3.05) is 7.11 Å². The predicted octanol–water partition coefficient (Wildman–Crippen LogP) is 5.05. The summed E-state index contributed by atoms with van der Waals surface area (Å²) in [7, 11) is 1.40. The standard InChI is InChI=1S/C24H19Cl2N3O7/c1-14(35-20-6-4-3-5-19(20)29(32)33)23(30)28-27-13-15-7-10-21(22(11-15)34-2)36-24(31)16-8-9-17(25)18(26)12-16/h3-14H,1-2H3,(H,28,30)/b27-13+. The van der Waals surface area contributed by atoms with Crippen molar-refractivity contribution in [3.8, 4) is 17.2 Å². The van der Waals surface area contributed by atoms with Gasteiger partial charge in [-0.1, -0.05) is 35.3 Å². The van der Waals surface area contributed by atoms with Crippen molar-refractivity contribution in [3.05, 3.63) is 92.0 Å². The van der Waals surface area contributed by atoms with E-state index in [1.54, 1.807) is 18.2 Å². The van der Waals surface area contributed by atoms with E-state index in [0.29, 0.717) is 10.6 Å². The third-order valence-corrected chi connectivity index (χ3v) is 5.41. The Morgan fingerprint density at radius 1 is 1.03 bits per heavy atom. The van der Waals surface area contributed by atoms with Crippen LogP contribution in [0.5, 0.6) is 17.2 Å². The summed E-state index contributed by atoms with van der Waals surface area (Å²) in [6, 6.07) is 14.7. The van der Waals surface area contributed by atoms with Gasteiger partial charge in [0.2, 0.25) is 0 Å². The normalized spacial score (nSPS) is 11.6. The van der Waals surface area contributed by atoms with E-state index in [1.807, 2.05) is 0 Å². The summed E-state index contributed by atoms with van der Waals surface area (Å²) in [4.78, 5) is 35.2. The Morgan fingerprint density at radius 2 is 1.78 bits per heavy atom. The summed E-state index contributed by atoms with van der Waals surface area (Å²) < 4.78 is 16.1. The van der Waals surface area contributed by atoms with Crippen LogP contribution in [-0.4, -0.2) is 36.2 Å². The third-order valence-electron chi connectivity index (χ3n) is 4.67. The third kappa shape index (κ3) is 6.71. The van der Waals surface area contributed by atoms with E-state index < -0.39 is 22.9 Å².